The largest absolute Gasteiger partial charge is 0.497 e. The summed E-state index contributed by atoms with van der Waals surface area (Å²) in [6.07, 6.45) is 1.57. The molecular formula is C39H54N2O8S. The molecule has 2 aliphatic rings. The Kier molecular flexibility index (Phi) is 13.2. The van der Waals surface area contributed by atoms with Gasteiger partial charge >= 0.3 is 0 Å². The normalized spacial score (nSPS) is 20.0. The van der Waals surface area contributed by atoms with Gasteiger partial charge in [0.25, 0.3) is 0 Å². The predicted octanol–water partition coefficient (Wildman–Crippen LogP) is 6.20. The number of nitrogens with zero attached hydrogens (tertiary/aromatic N) is 2. The lowest BCUT2D eigenvalue weighted by Gasteiger charge is -2.45. The van der Waals surface area contributed by atoms with Crippen LogP contribution in [0.4, 0.5) is 5.69 Å². The number of methoxy groups -OCH3 is 3. The summed E-state index contributed by atoms with van der Waals surface area (Å²) in [5.74, 6) is 1.55. The van der Waals surface area contributed by atoms with Crippen LogP contribution in [0.3, 0.4) is 0 Å². The molecule has 5 rings (SSSR count). The highest BCUT2D eigenvalue weighted by molar-refractivity contribution is 7.89. The highest BCUT2D eigenvalue weighted by Gasteiger charge is 2.45. The van der Waals surface area contributed by atoms with E-state index in [0.29, 0.717) is 45.9 Å². The number of sulfonamides is 1. The molecule has 1 saturated heterocycles. The van der Waals surface area contributed by atoms with Crippen molar-refractivity contribution >= 4 is 15.7 Å². The summed E-state index contributed by atoms with van der Waals surface area (Å²) in [6.45, 7) is 10.4. The molecule has 0 radical (unpaired) electrons. The Hall–Kier alpha value is -3.19. The molecule has 0 unspecified atom stereocenters. The van der Waals surface area contributed by atoms with Crippen LogP contribution in [0.25, 0.3) is 0 Å². The summed E-state index contributed by atoms with van der Waals surface area (Å²) in [5.41, 5.74) is 3.53. The lowest BCUT2D eigenvalue weighted by molar-refractivity contribution is -0.0690. The van der Waals surface area contributed by atoms with E-state index in [1.54, 1.807) is 37.8 Å². The van der Waals surface area contributed by atoms with Crippen LogP contribution in [-0.2, 0) is 35.6 Å². The van der Waals surface area contributed by atoms with Gasteiger partial charge in [-0.15, -0.1) is 0 Å². The van der Waals surface area contributed by atoms with Gasteiger partial charge < -0.3 is 33.3 Å². The first-order valence-corrected chi connectivity index (χ1v) is 18.9. The lowest BCUT2D eigenvalue weighted by atomic mass is 9.81. The molecule has 10 nitrogen and oxygen atoms in total. The third kappa shape index (κ3) is 9.57. The third-order valence-corrected chi connectivity index (χ3v) is 11.6. The van der Waals surface area contributed by atoms with Crippen molar-refractivity contribution in [2.24, 2.45) is 0 Å². The Balaban J connectivity index is 1.46. The van der Waals surface area contributed by atoms with Gasteiger partial charge in [-0.2, -0.15) is 4.31 Å². The fourth-order valence-corrected chi connectivity index (χ4v) is 8.63. The molecule has 0 saturated carbocycles. The topological polar surface area (TPSA) is 96.0 Å². The predicted molar refractivity (Wildman–Crippen MR) is 195 cm³/mol. The fraction of sp³-hybridized carbons (Fsp3) is 0.538. The molecule has 0 aliphatic carbocycles. The van der Waals surface area contributed by atoms with Crippen LogP contribution in [0.15, 0.2) is 71.6 Å². The molecule has 0 spiro atoms. The minimum atomic E-state index is -3.87. The van der Waals surface area contributed by atoms with Gasteiger partial charge in [0.1, 0.15) is 18.1 Å². The first-order chi connectivity index (χ1) is 24.0. The van der Waals surface area contributed by atoms with Crippen LogP contribution in [0.1, 0.15) is 55.7 Å². The standard InChI is InChI=1S/C39H54N2O8S/c1-29-8-15-34(16-9-29)50(42,43)41-27-38(48-28-30-10-17-37-36(24-30)40(19-21-47-37)18-7-20-44-4)35(31-11-13-33(46-6)14-12-31)25-32(41)26-39(2,3)49-23-22-45-5/h8-17,24,32,35,38H,7,18-23,25-28H2,1-6H3/t32-,35-,38+/m1/s1. The number of fused-ring (bicyclic) bond motifs is 1. The zero-order valence-electron chi connectivity index (χ0n) is 30.4. The Morgan fingerprint density at radius 1 is 0.920 bits per heavy atom. The molecule has 11 heteroatoms. The number of ether oxygens (including phenoxy) is 6. The molecule has 0 amide bonds. The summed E-state index contributed by atoms with van der Waals surface area (Å²) in [5, 5.41) is 0. The first kappa shape index (κ1) is 38.1. The summed E-state index contributed by atoms with van der Waals surface area (Å²) in [6, 6.07) is 21.0. The van der Waals surface area contributed by atoms with Crippen LogP contribution in [0.5, 0.6) is 11.5 Å². The minimum absolute atomic E-state index is 0.0725. The lowest BCUT2D eigenvalue weighted by Crippen LogP contribution is -2.54. The van der Waals surface area contributed by atoms with E-state index in [9.17, 15) is 8.42 Å². The number of anilines is 1. The number of piperidine rings is 1. The molecule has 2 aliphatic heterocycles. The van der Waals surface area contributed by atoms with Crippen molar-refractivity contribution in [2.45, 2.75) is 75.2 Å². The van der Waals surface area contributed by atoms with Crippen LogP contribution >= 0.6 is 0 Å². The van der Waals surface area contributed by atoms with Crippen molar-refractivity contribution in [3.05, 3.63) is 83.4 Å². The number of hydrogen-bond donors (Lipinski definition) is 0. The maximum Gasteiger partial charge on any atom is 0.243 e. The van der Waals surface area contributed by atoms with E-state index < -0.39 is 21.7 Å². The van der Waals surface area contributed by atoms with Crippen LogP contribution in [0, 0.1) is 6.92 Å². The minimum Gasteiger partial charge on any atom is -0.497 e. The Morgan fingerprint density at radius 3 is 2.36 bits per heavy atom. The molecule has 2 heterocycles. The van der Waals surface area contributed by atoms with Crippen LogP contribution in [0.2, 0.25) is 0 Å². The zero-order chi connectivity index (χ0) is 35.7. The van der Waals surface area contributed by atoms with Gasteiger partial charge in [0, 0.05) is 45.9 Å². The van der Waals surface area contributed by atoms with Gasteiger partial charge in [-0.3, -0.25) is 0 Å². The van der Waals surface area contributed by atoms with Crippen molar-refractivity contribution < 1.29 is 36.8 Å². The van der Waals surface area contributed by atoms with E-state index in [1.165, 1.54) is 0 Å². The molecule has 1 fully saturated rings. The Bertz CT molecular complexity index is 1610. The second-order valence-electron chi connectivity index (χ2n) is 13.8. The highest BCUT2D eigenvalue weighted by Crippen LogP contribution is 2.41. The van der Waals surface area contributed by atoms with E-state index in [-0.39, 0.29) is 23.4 Å². The first-order valence-electron chi connectivity index (χ1n) is 17.5. The van der Waals surface area contributed by atoms with E-state index in [1.807, 2.05) is 57.2 Å². The molecular weight excluding hydrogens is 657 g/mol. The van der Waals surface area contributed by atoms with E-state index in [4.69, 9.17) is 28.4 Å². The highest BCUT2D eigenvalue weighted by atomic mass is 32.2. The SMILES string of the molecule is COCCCN1CCOc2ccc(CO[C@H]3CN(S(=O)(=O)c4ccc(C)cc4)[C@@H](CC(C)(C)OCCOC)C[C@@H]3c3ccc(OC)cc3)cc21. The summed E-state index contributed by atoms with van der Waals surface area (Å²) in [7, 11) is 1.15. The number of benzene rings is 3. The van der Waals surface area contributed by atoms with Gasteiger partial charge in [0.2, 0.25) is 10.0 Å². The van der Waals surface area contributed by atoms with Gasteiger partial charge in [0.05, 0.1) is 55.8 Å². The summed E-state index contributed by atoms with van der Waals surface area (Å²) >= 11 is 0. The molecule has 3 atom stereocenters. The summed E-state index contributed by atoms with van der Waals surface area (Å²) in [4.78, 5) is 2.61. The Morgan fingerprint density at radius 2 is 1.66 bits per heavy atom. The van der Waals surface area contributed by atoms with Crippen molar-refractivity contribution in [1.29, 1.82) is 0 Å². The second-order valence-corrected chi connectivity index (χ2v) is 15.7. The van der Waals surface area contributed by atoms with E-state index in [2.05, 4.69) is 23.1 Å². The van der Waals surface area contributed by atoms with Crippen LogP contribution in [-0.4, -0.2) is 97.9 Å². The Labute approximate surface area is 298 Å². The maximum absolute atomic E-state index is 14.5. The molecule has 0 aromatic heterocycles. The second kappa shape index (κ2) is 17.4. The molecule has 3 aromatic rings. The summed E-state index contributed by atoms with van der Waals surface area (Å²) < 4.78 is 65.6. The molecule has 0 N–H and O–H groups in total. The molecule has 3 aromatic carbocycles. The van der Waals surface area contributed by atoms with Crippen molar-refractivity contribution in [2.75, 3.05) is 72.3 Å². The third-order valence-electron chi connectivity index (χ3n) is 9.64. The van der Waals surface area contributed by atoms with Gasteiger partial charge in [-0.1, -0.05) is 35.9 Å². The fourth-order valence-electron chi connectivity index (χ4n) is 6.98. The molecule has 50 heavy (non-hydrogen) atoms. The van der Waals surface area contributed by atoms with Crippen LogP contribution < -0.4 is 14.4 Å². The quantitative estimate of drug-likeness (QED) is 0.152. The molecule has 274 valence electrons. The number of rotatable bonds is 17. The number of hydrogen-bond acceptors (Lipinski definition) is 9. The van der Waals surface area contributed by atoms with Crippen molar-refractivity contribution in [1.82, 2.24) is 4.31 Å². The number of aryl methyl sites for hydroxylation is 1. The smallest absolute Gasteiger partial charge is 0.243 e. The van der Waals surface area contributed by atoms with Crippen molar-refractivity contribution in [3.8, 4) is 11.5 Å². The van der Waals surface area contributed by atoms with Crippen molar-refractivity contribution in [3.63, 3.8) is 0 Å². The van der Waals surface area contributed by atoms with Gasteiger partial charge in [-0.25, -0.2) is 8.42 Å². The monoisotopic (exact) mass is 710 g/mol. The zero-order valence-corrected chi connectivity index (χ0v) is 31.2. The van der Waals surface area contributed by atoms with Gasteiger partial charge in [-0.05, 0) is 87.6 Å². The maximum atomic E-state index is 14.5. The molecule has 0 bridgehead atoms. The average molecular weight is 711 g/mol. The van der Waals surface area contributed by atoms with E-state index in [0.717, 1.165) is 53.4 Å². The van der Waals surface area contributed by atoms with Gasteiger partial charge in [0.15, 0.2) is 0 Å². The van der Waals surface area contributed by atoms with E-state index >= 15 is 0 Å². The average Bonchev–Trinajstić information content (AvgIpc) is 3.11.